The van der Waals surface area contributed by atoms with Gasteiger partial charge in [-0.3, -0.25) is 14.8 Å². The van der Waals surface area contributed by atoms with Crippen LogP contribution < -0.4 is 16.1 Å². The van der Waals surface area contributed by atoms with Gasteiger partial charge in [0.05, 0.1) is 0 Å². The highest BCUT2D eigenvalue weighted by molar-refractivity contribution is 5.91. The Labute approximate surface area is 123 Å². The maximum Gasteiger partial charge on any atom is 0.246 e. The van der Waals surface area contributed by atoms with Crippen molar-refractivity contribution in [2.75, 3.05) is 18.9 Å². The molecule has 0 saturated heterocycles. The van der Waals surface area contributed by atoms with Crippen molar-refractivity contribution in [3.8, 4) is 0 Å². The Morgan fingerprint density at radius 2 is 2.14 bits per heavy atom. The maximum atomic E-state index is 11.7. The summed E-state index contributed by atoms with van der Waals surface area (Å²) in [6.07, 6.45) is 2.53. The lowest BCUT2D eigenvalue weighted by atomic mass is 9.83. The van der Waals surface area contributed by atoms with Crippen LogP contribution in [0.25, 0.3) is 0 Å². The Morgan fingerprint density at radius 3 is 2.86 bits per heavy atom. The number of hydrogen-bond donors (Lipinski definition) is 4. The van der Waals surface area contributed by atoms with Crippen molar-refractivity contribution in [2.24, 2.45) is 5.92 Å². The highest BCUT2D eigenvalue weighted by atomic mass is 16.5. The van der Waals surface area contributed by atoms with Crippen LogP contribution in [0.4, 0.5) is 5.69 Å². The van der Waals surface area contributed by atoms with Gasteiger partial charge in [0.1, 0.15) is 0 Å². The number of benzene rings is 1. The van der Waals surface area contributed by atoms with Gasteiger partial charge < -0.3 is 10.6 Å². The number of anilines is 1. The standard InChI is InChI=1S/C15H21N3O3/c1-16-7-6-14(19)17-13-5-4-10-8-12(15(20)18-21)3-2-11(10)9-13/h4-5,9,12,16,21H,2-3,6-8H2,1H3,(H,17,19)(H,18,20). The largest absolute Gasteiger partial charge is 0.326 e. The summed E-state index contributed by atoms with van der Waals surface area (Å²) in [5, 5.41) is 14.5. The van der Waals surface area contributed by atoms with E-state index < -0.39 is 0 Å². The number of aryl methyl sites for hydroxylation is 1. The van der Waals surface area contributed by atoms with Crippen LogP contribution >= 0.6 is 0 Å². The van der Waals surface area contributed by atoms with E-state index >= 15 is 0 Å². The fourth-order valence-electron chi connectivity index (χ4n) is 2.61. The van der Waals surface area contributed by atoms with Crippen molar-refractivity contribution in [2.45, 2.75) is 25.7 Å². The van der Waals surface area contributed by atoms with Gasteiger partial charge in [-0.05, 0) is 49.6 Å². The molecule has 0 fully saturated rings. The first-order chi connectivity index (χ1) is 10.1. The van der Waals surface area contributed by atoms with Gasteiger partial charge in [-0.25, -0.2) is 5.48 Å². The summed E-state index contributed by atoms with van der Waals surface area (Å²) in [6, 6.07) is 5.77. The minimum atomic E-state index is -0.329. The molecule has 0 aliphatic heterocycles. The van der Waals surface area contributed by atoms with E-state index in [4.69, 9.17) is 5.21 Å². The SMILES string of the molecule is CNCCC(=O)Nc1ccc2c(c1)CCC(C(=O)NO)C2. The first-order valence-electron chi connectivity index (χ1n) is 7.14. The summed E-state index contributed by atoms with van der Waals surface area (Å²) in [6.45, 7) is 0.648. The second-order valence-corrected chi connectivity index (χ2v) is 5.30. The Kier molecular flexibility index (Phi) is 5.30. The van der Waals surface area contributed by atoms with Gasteiger partial charge in [0.25, 0.3) is 0 Å². The molecule has 0 saturated carbocycles. The lowest BCUT2D eigenvalue weighted by Crippen LogP contribution is -2.31. The molecule has 1 aromatic carbocycles. The Hall–Kier alpha value is -1.92. The smallest absolute Gasteiger partial charge is 0.246 e. The molecule has 1 aliphatic rings. The second kappa shape index (κ2) is 7.19. The number of amides is 2. The monoisotopic (exact) mass is 291 g/mol. The van der Waals surface area contributed by atoms with Crippen LogP contribution in [-0.2, 0) is 22.4 Å². The molecule has 2 rings (SSSR count). The average Bonchev–Trinajstić information content (AvgIpc) is 2.51. The van der Waals surface area contributed by atoms with Crippen molar-refractivity contribution in [3.63, 3.8) is 0 Å². The number of hydroxylamine groups is 1. The molecule has 0 spiro atoms. The van der Waals surface area contributed by atoms with Gasteiger partial charge in [-0.1, -0.05) is 6.07 Å². The zero-order valence-corrected chi connectivity index (χ0v) is 12.1. The number of fused-ring (bicyclic) bond motifs is 1. The summed E-state index contributed by atoms with van der Waals surface area (Å²) < 4.78 is 0. The lowest BCUT2D eigenvalue weighted by molar-refractivity contribution is -0.133. The van der Waals surface area contributed by atoms with E-state index in [1.165, 1.54) is 0 Å². The average molecular weight is 291 g/mol. The summed E-state index contributed by atoms with van der Waals surface area (Å²) >= 11 is 0. The minimum Gasteiger partial charge on any atom is -0.326 e. The lowest BCUT2D eigenvalue weighted by Gasteiger charge is -2.23. The molecule has 4 N–H and O–H groups in total. The number of carbonyl (C=O) groups excluding carboxylic acids is 2. The molecule has 0 radical (unpaired) electrons. The van der Waals surface area contributed by atoms with E-state index in [2.05, 4.69) is 10.6 Å². The molecule has 6 heteroatoms. The molecule has 1 atom stereocenters. The molecule has 21 heavy (non-hydrogen) atoms. The van der Waals surface area contributed by atoms with Crippen molar-refractivity contribution in [1.29, 1.82) is 0 Å². The Balaban J connectivity index is 2.01. The second-order valence-electron chi connectivity index (χ2n) is 5.30. The first-order valence-corrected chi connectivity index (χ1v) is 7.14. The molecule has 114 valence electrons. The molecular weight excluding hydrogens is 270 g/mol. The normalized spacial score (nSPS) is 17.0. The Bertz CT molecular complexity index is 531. The molecular formula is C15H21N3O3. The van der Waals surface area contributed by atoms with Crippen LogP contribution in [0.1, 0.15) is 24.0 Å². The first kappa shape index (κ1) is 15.5. The van der Waals surface area contributed by atoms with Crippen LogP contribution in [0.5, 0.6) is 0 Å². The van der Waals surface area contributed by atoms with Crippen LogP contribution in [0.2, 0.25) is 0 Å². The fourth-order valence-corrected chi connectivity index (χ4v) is 2.61. The van der Waals surface area contributed by atoms with E-state index in [0.717, 1.165) is 23.2 Å². The van der Waals surface area contributed by atoms with Crippen LogP contribution in [0.3, 0.4) is 0 Å². The molecule has 1 aliphatic carbocycles. The number of carbonyl (C=O) groups is 2. The fraction of sp³-hybridized carbons (Fsp3) is 0.467. The van der Waals surface area contributed by atoms with Gasteiger partial charge in [-0.15, -0.1) is 0 Å². The van der Waals surface area contributed by atoms with Gasteiger partial charge >= 0.3 is 0 Å². The zero-order valence-electron chi connectivity index (χ0n) is 12.1. The highest BCUT2D eigenvalue weighted by Gasteiger charge is 2.24. The van der Waals surface area contributed by atoms with Crippen LogP contribution in [0, 0.1) is 5.92 Å². The van der Waals surface area contributed by atoms with E-state index in [9.17, 15) is 9.59 Å². The topological polar surface area (TPSA) is 90.5 Å². The van der Waals surface area contributed by atoms with E-state index in [0.29, 0.717) is 25.8 Å². The molecule has 1 unspecified atom stereocenters. The number of nitrogens with one attached hydrogen (secondary N) is 3. The summed E-state index contributed by atoms with van der Waals surface area (Å²) in [5.41, 5.74) is 4.77. The van der Waals surface area contributed by atoms with E-state index in [1.807, 2.05) is 25.2 Å². The van der Waals surface area contributed by atoms with Gasteiger partial charge in [0, 0.05) is 24.6 Å². The minimum absolute atomic E-state index is 0.0161. The van der Waals surface area contributed by atoms with Crippen molar-refractivity contribution < 1.29 is 14.8 Å². The summed E-state index contributed by atoms with van der Waals surface area (Å²) in [7, 11) is 1.81. The van der Waals surface area contributed by atoms with E-state index in [1.54, 1.807) is 5.48 Å². The number of rotatable bonds is 5. The maximum absolute atomic E-state index is 11.7. The van der Waals surface area contributed by atoms with Crippen molar-refractivity contribution >= 4 is 17.5 Å². The van der Waals surface area contributed by atoms with Crippen LogP contribution in [0.15, 0.2) is 18.2 Å². The highest BCUT2D eigenvalue weighted by Crippen LogP contribution is 2.28. The molecule has 6 nitrogen and oxygen atoms in total. The third kappa shape index (κ3) is 4.03. The molecule has 0 bridgehead atoms. The van der Waals surface area contributed by atoms with Crippen molar-refractivity contribution in [3.05, 3.63) is 29.3 Å². The molecule has 0 aromatic heterocycles. The number of hydrogen-bond acceptors (Lipinski definition) is 4. The van der Waals surface area contributed by atoms with Gasteiger partial charge in [-0.2, -0.15) is 0 Å². The van der Waals surface area contributed by atoms with Gasteiger partial charge in [0.2, 0.25) is 11.8 Å². The summed E-state index contributed by atoms with van der Waals surface area (Å²) in [5.74, 6) is -0.527. The van der Waals surface area contributed by atoms with Crippen LogP contribution in [-0.4, -0.2) is 30.6 Å². The third-order valence-electron chi connectivity index (χ3n) is 3.80. The third-order valence-corrected chi connectivity index (χ3v) is 3.80. The zero-order chi connectivity index (χ0) is 15.2. The molecule has 0 heterocycles. The summed E-state index contributed by atoms with van der Waals surface area (Å²) in [4.78, 5) is 23.2. The Morgan fingerprint density at radius 1 is 1.33 bits per heavy atom. The molecule has 1 aromatic rings. The molecule has 2 amide bonds. The predicted octanol–water partition coefficient (Wildman–Crippen LogP) is 0.845. The predicted molar refractivity (Wildman–Crippen MR) is 79.1 cm³/mol. The van der Waals surface area contributed by atoms with E-state index in [-0.39, 0.29) is 17.7 Å². The van der Waals surface area contributed by atoms with Gasteiger partial charge in [0.15, 0.2) is 0 Å². The van der Waals surface area contributed by atoms with Crippen molar-refractivity contribution in [1.82, 2.24) is 10.8 Å². The quantitative estimate of drug-likeness (QED) is 0.478.